The summed E-state index contributed by atoms with van der Waals surface area (Å²) in [5, 5.41) is 3.00. The molecule has 1 N–H and O–H groups in total. The Balaban J connectivity index is 1.37. The Bertz CT molecular complexity index is 959. The van der Waals surface area contributed by atoms with Crippen LogP contribution in [0.2, 0.25) is 0 Å². The van der Waals surface area contributed by atoms with Gasteiger partial charge in [0.2, 0.25) is 5.91 Å². The van der Waals surface area contributed by atoms with E-state index in [0.29, 0.717) is 24.9 Å². The molecule has 1 aromatic heterocycles. The van der Waals surface area contributed by atoms with Crippen LogP contribution in [-0.2, 0) is 16.8 Å². The molecule has 0 unspecified atom stereocenters. The summed E-state index contributed by atoms with van der Waals surface area (Å²) in [6.45, 7) is 3.36. The van der Waals surface area contributed by atoms with Crippen molar-refractivity contribution in [3.63, 3.8) is 0 Å². The van der Waals surface area contributed by atoms with Gasteiger partial charge in [0.25, 0.3) is 0 Å². The third kappa shape index (κ3) is 2.87. The van der Waals surface area contributed by atoms with Gasteiger partial charge in [0.15, 0.2) is 0 Å². The van der Waals surface area contributed by atoms with E-state index in [-0.39, 0.29) is 11.7 Å². The van der Waals surface area contributed by atoms with Crippen LogP contribution in [0.4, 0.5) is 4.39 Å². The molecule has 1 amide bonds. The lowest BCUT2D eigenvalue weighted by Gasteiger charge is -2.16. The number of para-hydroxylation sites is 2. The maximum Gasteiger partial charge on any atom is 0.230 e. The van der Waals surface area contributed by atoms with Crippen molar-refractivity contribution in [1.29, 1.82) is 0 Å². The minimum atomic E-state index is -0.664. The molecule has 1 saturated carbocycles. The van der Waals surface area contributed by atoms with E-state index in [1.165, 1.54) is 6.07 Å². The van der Waals surface area contributed by atoms with Crippen molar-refractivity contribution in [2.75, 3.05) is 6.54 Å². The molecule has 0 aliphatic heterocycles. The van der Waals surface area contributed by atoms with Crippen LogP contribution >= 0.6 is 0 Å². The zero-order valence-electron chi connectivity index (χ0n) is 14.8. The molecule has 4 rings (SSSR count). The highest BCUT2D eigenvalue weighted by atomic mass is 19.1. The summed E-state index contributed by atoms with van der Waals surface area (Å²) < 4.78 is 16.2. The fourth-order valence-corrected chi connectivity index (χ4v) is 3.68. The number of aromatic nitrogens is 2. The maximum absolute atomic E-state index is 14.1. The zero-order valence-corrected chi connectivity index (χ0v) is 14.8. The Labute approximate surface area is 152 Å². The number of hydrogen-bond donors (Lipinski definition) is 1. The first-order valence-corrected chi connectivity index (χ1v) is 9.07. The van der Waals surface area contributed by atoms with E-state index in [4.69, 9.17) is 0 Å². The van der Waals surface area contributed by atoms with E-state index < -0.39 is 5.41 Å². The van der Waals surface area contributed by atoms with Crippen molar-refractivity contribution in [2.45, 2.75) is 38.1 Å². The molecule has 3 aromatic rings. The number of nitrogens with one attached hydrogen (secondary N) is 1. The van der Waals surface area contributed by atoms with Crippen molar-refractivity contribution >= 4 is 16.9 Å². The summed E-state index contributed by atoms with van der Waals surface area (Å²) in [4.78, 5) is 17.2. The molecule has 0 spiro atoms. The van der Waals surface area contributed by atoms with Crippen LogP contribution in [0.5, 0.6) is 0 Å². The quantitative estimate of drug-likeness (QED) is 0.688. The Kier molecular flexibility index (Phi) is 4.23. The Hall–Kier alpha value is -2.69. The molecular weight excluding hydrogens is 329 g/mol. The molecule has 26 heavy (non-hydrogen) atoms. The Morgan fingerprint density at radius 2 is 1.92 bits per heavy atom. The predicted octanol–water partition coefficient (Wildman–Crippen LogP) is 3.72. The fourth-order valence-electron chi connectivity index (χ4n) is 3.68. The number of rotatable bonds is 6. The first-order chi connectivity index (χ1) is 12.6. The maximum atomic E-state index is 14.1. The summed E-state index contributed by atoms with van der Waals surface area (Å²) in [5.41, 5.74) is 1.96. The van der Waals surface area contributed by atoms with E-state index in [1.807, 2.05) is 25.1 Å². The summed E-state index contributed by atoms with van der Waals surface area (Å²) in [6, 6.07) is 14.7. The van der Waals surface area contributed by atoms with Gasteiger partial charge in [-0.3, -0.25) is 4.79 Å². The number of amides is 1. The van der Waals surface area contributed by atoms with Crippen LogP contribution in [-0.4, -0.2) is 22.0 Å². The molecule has 0 saturated heterocycles. The monoisotopic (exact) mass is 351 g/mol. The van der Waals surface area contributed by atoms with E-state index in [0.717, 1.165) is 29.8 Å². The number of fused-ring (bicyclic) bond motifs is 1. The molecular formula is C21H22FN3O. The summed E-state index contributed by atoms with van der Waals surface area (Å²) in [7, 11) is 0. The van der Waals surface area contributed by atoms with Gasteiger partial charge in [-0.05, 0) is 44.4 Å². The van der Waals surface area contributed by atoms with Gasteiger partial charge in [0.05, 0.1) is 16.4 Å². The second kappa shape index (κ2) is 6.56. The molecule has 2 aromatic carbocycles. The zero-order chi connectivity index (χ0) is 18.1. The van der Waals surface area contributed by atoms with Crippen molar-refractivity contribution < 1.29 is 9.18 Å². The van der Waals surface area contributed by atoms with Gasteiger partial charge >= 0.3 is 0 Å². The standard InChI is InChI=1S/C21H22FN3O/c1-15-24-18-9-4-5-10-19(18)25(15)14-6-13-23-20(26)21(11-12-21)16-7-2-3-8-17(16)22/h2-5,7-10H,6,11-14H2,1H3,(H,23,26). The van der Waals surface area contributed by atoms with Crippen molar-refractivity contribution in [3.05, 3.63) is 65.7 Å². The second-order valence-corrected chi connectivity index (χ2v) is 6.97. The highest BCUT2D eigenvalue weighted by Crippen LogP contribution is 2.49. The number of benzene rings is 2. The highest BCUT2D eigenvalue weighted by molar-refractivity contribution is 5.91. The van der Waals surface area contributed by atoms with Gasteiger partial charge < -0.3 is 9.88 Å². The summed E-state index contributed by atoms with van der Waals surface area (Å²) in [6.07, 6.45) is 2.23. The first-order valence-electron chi connectivity index (χ1n) is 9.07. The highest BCUT2D eigenvalue weighted by Gasteiger charge is 2.52. The number of imidazole rings is 1. The van der Waals surface area contributed by atoms with Crippen LogP contribution in [0.25, 0.3) is 11.0 Å². The summed E-state index contributed by atoms with van der Waals surface area (Å²) in [5.74, 6) is 0.623. The van der Waals surface area contributed by atoms with Crippen LogP contribution < -0.4 is 5.32 Å². The van der Waals surface area contributed by atoms with Crippen molar-refractivity contribution in [3.8, 4) is 0 Å². The topological polar surface area (TPSA) is 46.9 Å². The fraction of sp³-hybridized carbons (Fsp3) is 0.333. The smallest absolute Gasteiger partial charge is 0.230 e. The number of halogens is 1. The molecule has 4 nitrogen and oxygen atoms in total. The van der Waals surface area contributed by atoms with Crippen molar-refractivity contribution in [1.82, 2.24) is 14.9 Å². The lowest BCUT2D eigenvalue weighted by atomic mass is 9.94. The number of carbonyl (C=O) groups excluding carboxylic acids is 1. The molecule has 1 aliphatic rings. The van der Waals surface area contributed by atoms with Gasteiger partial charge in [0.1, 0.15) is 11.6 Å². The molecule has 1 aliphatic carbocycles. The minimum Gasteiger partial charge on any atom is -0.355 e. The van der Waals surface area contributed by atoms with Crippen molar-refractivity contribution in [2.24, 2.45) is 0 Å². The largest absolute Gasteiger partial charge is 0.355 e. The third-order valence-corrected chi connectivity index (χ3v) is 5.26. The lowest BCUT2D eigenvalue weighted by Crippen LogP contribution is -2.36. The average molecular weight is 351 g/mol. The third-order valence-electron chi connectivity index (χ3n) is 5.26. The van der Waals surface area contributed by atoms with E-state index in [9.17, 15) is 9.18 Å². The number of carbonyl (C=O) groups is 1. The summed E-state index contributed by atoms with van der Waals surface area (Å²) >= 11 is 0. The lowest BCUT2D eigenvalue weighted by molar-refractivity contribution is -0.123. The number of aryl methyl sites for hydroxylation is 2. The second-order valence-electron chi connectivity index (χ2n) is 6.97. The van der Waals surface area contributed by atoms with Gasteiger partial charge in [-0.15, -0.1) is 0 Å². The van der Waals surface area contributed by atoms with Gasteiger partial charge in [0, 0.05) is 18.7 Å². The van der Waals surface area contributed by atoms with E-state index in [2.05, 4.69) is 20.9 Å². The number of hydrogen-bond acceptors (Lipinski definition) is 2. The normalized spacial score (nSPS) is 15.2. The van der Waals surface area contributed by atoms with Crippen LogP contribution in [0.3, 0.4) is 0 Å². The van der Waals surface area contributed by atoms with Crippen LogP contribution in [0, 0.1) is 12.7 Å². The van der Waals surface area contributed by atoms with Gasteiger partial charge in [-0.25, -0.2) is 9.37 Å². The molecule has 5 heteroatoms. The van der Waals surface area contributed by atoms with Gasteiger partial charge in [-0.2, -0.15) is 0 Å². The van der Waals surface area contributed by atoms with E-state index in [1.54, 1.807) is 18.2 Å². The van der Waals surface area contributed by atoms with Crippen LogP contribution in [0.1, 0.15) is 30.7 Å². The SMILES string of the molecule is Cc1nc2ccccc2n1CCCNC(=O)C1(c2ccccc2F)CC1. The Morgan fingerprint density at radius 1 is 1.19 bits per heavy atom. The molecule has 0 radical (unpaired) electrons. The molecule has 1 fully saturated rings. The molecule has 0 bridgehead atoms. The van der Waals surface area contributed by atoms with Gasteiger partial charge in [-0.1, -0.05) is 30.3 Å². The van der Waals surface area contributed by atoms with Crippen LogP contribution in [0.15, 0.2) is 48.5 Å². The molecule has 134 valence electrons. The minimum absolute atomic E-state index is 0.0604. The van der Waals surface area contributed by atoms with E-state index >= 15 is 0 Å². The first kappa shape index (κ1) is 16.8. The average Bonchev–Trinajstić information content (AvgIpc) is 3.38. The molecule has 0 atom stereocenters. The molecule has 1 heterocycles. The predicted molar refractivity (Wildman–Crippen MR) is 99.4 cm³/mol. The number of nitrogens with zero attached hydrogens (tertiary/aromatic N) is 2. The Morgan fingerprint density at radius 3 is 2.69 bits per heavy atom.